The number of furan rings is 1. The third-order valence-electron chi connectivity index (χ3n) is 2.52. The van der Waals surface area contributed by atoms with Gasteiger partial charge in [0.2, 0.25) is 0 Å². The highest BCUT2D eigenvalue weighted by Gasteiger charge is 2.21. The molecule has 1 aromatic heterocycles. The van der Waals surface area contributed by atoms with Gasteiger partial charge in [0.1, 0.15) is 0 Å². The van der Waals surface area contributed by atoms with Gasteiger partial charge in [-0.3, -0.25) is 4.79 Å². The Balaban J connectivity index is 0.000000606. The van der Waals surface area contributed by atoms with Crippen molar-refractivity contribution in [3.05, 3.63) is 24.2 Å². The summed E-state index contributed by atoms with van der Waals surface area (Å²) in [4.78, 5) is 15.8. The number of carbonyl (C=O) groups excluding carboxylic acids is 1. The van der Waals surface area contributed by atoms with Crippen LogP contribution in [0, 0.1) is 0 Å². The first-order valence-corrected chi connectivity index (χ1v) is 5.79. The number of hydrogen-bond acceptors (Lipinski definition) is 3. The quantitative estimate of drug-likeness (QED) is 0.728. The molecular weight excluding hydrogens is 204 g/mol. The largest absolute Gasteiger partial charge is 0.459 e. The van der Waals surface area contributed by atoms with Crippen LogP contribution < -0.4 is 0 Å². The molecule has 4 heteroatoms. The van der Waals surface area contributed by atoms with Gasteiger partial charge in [0.15, 0.2) is 5.76 Å². The molecule has 0 N–H and O–H groups in total. The number of carbonyl (C=O) groups is 1. The van der Waals surface area contributed by atoms with Crippen LogP contribution in [0.2, 0.25) is 0 Å². The molecule has 0 aromatic carbocycles. The fraction of sp³-hybridized carbons (Fsp3) is 0.583. The molecule has 1 fully saturated rings. The maximum atomic E-state index is 11.8. The van der Waals surface area contributed by atoms with Gasteiger partial charge in [-0.25, -0.2) is 0 Å². The average Bonchev–Trinajstić information content (AvgIpc) is 2.85. The van der Waals surface area contributed by atoms with Crippen LogP contribution in [-0.4, -0.2) is 48.9 Å². The van der Waals surface area contributed by atoms with Gasteiger partial charge < -0.3 is 14.2 Å². The number of nitrogens with zero attached hydrogens (tertiary/aromatic N) is 2. The Kier molecular flexibility index (Phi) is 5.05. The average molecular weight is 224 g/mol. The van der Waals surface area contributed by atoms with Crippen LogP contribution in [0.25, 0.3) is 0 Å². The second-order valence-corrected chi connectivity index (χ2v) is 3.57. The van der Waals surface area contributed by atoms with E-state index >= 15 is 0 Å². The molecule has 0 atom stereocenters. The van der Waals surface area contributed by atoms with Crippen LogP contribution in [0.4, 0.5) is 0 Å². The SMILES string of the molecule is CC.CN1CCN(C(=O)c2ccco2)CC1. The van der Waals surface area contributed by atoms with Crippen molar-refractivity contribution in [3.8, 4) is 0 Å². The summed E-state index contributed by atoms with van der Waals surface area (Å²) >= 11 is 0. The van der Waals surface area contributed by atoms with Crippen molar-refractivity contribution in [2.24, 2.45) is 0 Å². The van der Waals surface area contributed by atoms with Crippen molar-refractivity contribution in [3.63, 3.8) is 0 Å². The van der Waals surface area contributed by atoms with Crippen LogP contribution in [0.1, 0.15) is 24.4 Å². The van der Waals surface area contributed by atoms with E-state index in [-0.39, 0.29) is 5.91 Å². The highest BCUT2D eigenvalue weighted by molar-refractivity contribution is 5.91. The third kappa shape index (κ3) is 3.10. The summed E-state index contributed by atoms with van der Waals surface area (Å²) in [5.41, 5.74) is 0. The lowest BCUT2D eigenvalue weighted by Crippen LogP contribution is -2.47. The predicted octanol–water partition coefficient (Wildman–Crippen LogP) is 1.69. The number of amides is 1. The van der Waals surface area contributed by atoms with Crippen molar-refractivity contribution < 1.29 is 9.21 Å². The van der Waals surface area contributed by atoms with Crippen molar-refractivity contribution in [1.29, 1.82) is 0 Å². The second-order valence-electron chi connectivity index (χ2n) is 3.57. The Morgan fingerprint density at radius 3 is 2.38 bits per heavy atom. The zero-order valence-corrected chi connectivity index (χ0v) is 10.3. The molecule has 90 valence electrons. The summed E-state index contributed by atoms with van der Waals surface area (Å²) < 4.78 is 5.07. The first-order chi connectivity index (χ1) is 7.77. The van der Waals surface area contributed by atoms with Gasteiger partial charge in [0.05, 0.1) is 6.26 Å². The molecular formula is C12H20N2O2. The van der Waals surface area contributed by atoms with Gasteiger partial charge in [-0.2, -0.15) is 0 Å². The Labute approximate surface area is 96.8 Å². The summed E-state index contributed by atoms with van der Waals surface area (Å²) in [6.45, 7) is 7.45. The summed E-state index contributed by atoms with van der Waals surface area (Å²) in [5, 5.41) is 0. The second kappa shape index (κ2) is 6.33. The van der Waals surface area contributed by atoms with E-state index in [0.29, 0.717) is 5.76 Å². The van der Waals surface area contributed by atoms with E-state index < -0.39 is 0 Å². The molecule has 0 spiro atoms. The highest BCUT2D eigenvalue weighted by atomic mass is 16.3. The van der Waals surface area contributed by atoms with Gasteiger partial charge in [0.25, 0.3) is 5.91 Å². The molecule has 1 aliphatic rings. The molecule has 2 rings (SSSR count). The Morgan fingerprint density at radius 2 is 1.88 bits per heavy atom. The molecule has 1 saturated heterocycles. The number of hydrogen-bond donors (Lipinski definition) is 0. The Hall–Kier alpha value is -1.29. The van der Waals surface area contributed by atoms with E-state index in [4.69, 9.17) is 4.42 Å². The monoisotopic (exact) mass is 224 g/mol. The van der Waals surface area contributed by atoms with Crippen LogP contribution >= 0.6 is 0 Å². The van der Waals surface area contributed by atoms with E-state index in [1.165, 1.54) is 6.26 Å². The standard InChI is InChI=1S/C10H14N2O2.C2H6/c1-11-4-6-12(7-5-11)10(13)9-3-2-8-14-9;1-2/h2-3,8H,4-7H2,1H3;1-2H3. The van der Waals surface area contributed by atoms with Crippen LogP contribution in [0.15, 0.2) is 22.8 Å². The van der Waals surface area contributed by atoms with Crippen molar-refractivity contribution in [1.82, 2.24) is 9.80 Å². The molecule has 16 heavy (non-hydrogen) atoms. The summed E-state index contributed by atoms with van der Waals surface area (Å²) in [5.74, 6) is 0.442. The van der Waals surface area contributed by atoms with Gasteiger partial charge in [-0.15, -0.1) is 0 Å². The molecule has 4 nitrogen and oxygen atoms in total. The lowest BCUT2D eigenvalue weighted by molar-refractivity contribution is 0.0632. The molecule has 1 aliphatic heterocycles. The molecule has 2 heterocycles. The molecule has 0 bridgehead atoms. The van der Waals surface area contributed by atoms with E-state index in [1.807, 2.05) is 18.7 Å². The van der Waals surface area contributed by atoms with Crippen molar-refractivity contribution >= 4 is 5.91 Å². The van der Waals surface area contributed by atoms with Crippen molar-refractivity contribution in [2.75, 3.05) is 33.2 Å². The van der Waals surface area contributed by atoms with Gasteiger partial charge in [-0.1, -0.05) is 13.8 Å². The minimum atomic E-state index is 0.00287. The lowest BCUT2D eigenvalue weighted by atomic mass is 10.3. The van der Waals surface area contributed by atoms with Gasteiger partial charge in [0, 0.05) is 26.2 Å². The van der Waals surface area contributed by atoms with Crippen molar-refractivity contribution in [2.45, 2.75) is 13.8 Å². The number of piperazine rings is 1. The smallest absolute Gasteiger partial charge is 0.289 e. The minimum absolute atomic E-state index is 0.00287. The summed E-state index contributed by atoms with van der Waals surface area (Å²) in [7, 11) is 2.06. The highest BCUT2D eigenvalue weighted by Crippen LogP contribution is 2.08. The third-order valence-corrected chi connectivity index (χ3v) is 2.52. The Bertz CT molecular complexity index is 301. The van der Waals surface area contributed by atoms with E-state index in [1.54, 1.807) is 12.1 Å². The normalized spacial score (nSPS) is 16.6. The van der Waals surface area contributed by atoms with Gasteiger partial charge in [-0.05, 0) is 19.2 Å². The van der Waals surface area contributed by atoms with Crippen LogP contribution in [0.3, 0.4) is 0 Å². The zero-order chi connectivity index (χ0) is 12.0. The molecule has 0 saturated carbocycles. The summed E-state index contributed by atoms with van der Waals surface area (Å²) in [6, 6.07) is 3.45. The molecule has 0 aliphatic carbocycles. The van der Waals surface area contributed by atoms with Gasteiger partial charge >= 0.3 is 0 Å². The first kappa shape index (κ1) is 12.8. The molecule has 1 amide bonds. The van der Waals surface area contributed by atoms with Crippen LogP contribution in [0.5, 0.6) is 0 Å². The van der Waals surface area contributed by atoms with E-state index in [0.717, 1.165) is 26.2 Å². The topological polar surface area (TPSA) is 36.7 Å². The predicted molar refractivity (Wildman–Crippen MR) is 63.5 cm³/mol. The Morgan fingerprint density at radius 1 is 1.25 bits per heavy atom. The first-order valence-electron chi connectivity index (χ1n) is 5.79. The lowest BCUT2D eigenvalue weighted by Gasteiger charge is -2.31. The molecule has 1 aromatic rings. The van der Waals surface area contributed by atoms with E-state index in [9.17, 15) is 4.79 Å². The number of rotatable bonds is 1. The molecule has 0 radical (unpaired) electrons. The maximum absolute atomic E-state index is 11.8. The van der Waals surface area contributed by atoms with Crippen LogP contribution in [-0.2, 0) is 0 Å². The minimum Gasteiger partial charge on any atom is -0.459 e. The maximum Gasteiger partial charge on any atom is 0.289 e. The fourth-order valence-corrected chi connectivity index (χ4v) is 1.57. The number of likely N-dealkylation sites (N-methyl/N-ethyl adjacent to an activating group) is 1. The fourth-order valence-electron chi connectivity index (χ4n) is 1.57. The van der Waals surface area contributed by atoms with E-state index in [2.05, 4.69) is 11.9 Å². The zero-order valence-electron chi connectivity index (χ0n) is 10.3. The molecule has 0 unspecified atom stereocenters. The summed E-state index contributed by atoms with van der Waals surface area (Å²) in [6.07, 6.45) is 1.53.